The Balaban J connectivity index is 1.40. The monoisotopic (exact) mass is 428 g/mol. The van der Waals surface area contributed by atoms with Crippen molar-refractivity contribution in [2.45, 2.75) is 25.9 Å². The van der Waals surface area contributed by atoms with Crippen molar-refractivity contribution >= 4 is 29.2 Å². The normalized spacial score (nSPS) is 14.2. The second kappa shape index (κ2) is 9.47. The molecule has 1 aliphatic rings. The summed E-state index contributed by atoms with van der Waals surface area (Å²) >= 11 is 0. The summed E-state index contributed by atoms with van der Waals surface area (Å²) in [4.78, 5) is 38.8. The first-order valence-electron chi connectivity index (χ1n) is 10.6. The second-order valence-electron chi connectivity index (χ2n) is 7.64. The third kappa shape index (κ3) is 4.70. The van der Waals surface area contributed by atoms with E-state index in [0.29, 0.717) is 24.2 Å². The van der Waals surface area contributed by atoms with Crippen molar-refractivity contribution in [1.29, 1.82) is 0 Å². The maximum absolute atomic E-state index is 12.7. The largest absolute Gasteiger partial charge is 0.449 e. The van der Waals surface area contributed by atoms with Crippen LogP contribution in [0.3, 0.4) is 0 Å². The lowest BCUT2D eigenvalue weighted by atomic mass is 10.0. The van der Waals surface area contributed by atoms with Crippen LogP contribution in [-0.4, -0.2) is 30.4 Å². The van der Waals surface area contributed by atoms with Crippen LogP contribution in [0.5, 0.6) is 0 Å². The molecule has 2 amide bonds. The molecule has 4 rings (SSSR count). The molecule has 1 unspecified atom stereocenters. The highest BCUT2D eigenvalue weighted by Crippen LogP contribution is 2.28. The molecule has 32 heavy (non-hydrogen) atoms. The van der Waals surface area contributed by atoms with Crippen molar-refractivity contribution in [3.05, 3.63) is 84.4 Å². The van der Waals surface area contributed by atoms with E-state index in [2.05, 4.69) is 5.32 Å². The first-order valence-corrected chi connectivity index (χ1v) is 10.6. The number of carbonyl (C=O) groups is 3. The molecular weight excluding hydrogens is 404 g/mol. The molecule has 1 N–H and O–H groups in total. The minimum Gasteiger partial charge on any atom is -0.449 e. The summed E-state index contributed by atoms with van der Waals surface area (Å²) < 4.78 is 5.37. The maximum Gasteiger partial charge on any atom is 0.338 e. The summed E-state index contributed by atoms with van der Waals surface area (Å²) in [5.74, 6) is -0.925. The Morgan fingerprint density at radius 3 is 2.31 bits per heavy atom. The van der Waals surface area contributed by atoms with E-state index in [1.807, 2.05) is 54.6 Å². The Hall–Kier alpha value is -3.93. The molecule has 1 aliphatic heterocycles. The van der Waals surface area contributed by atoms with Crippen LogP contribution in [0.25, 0.3) is 11.1 Å². The number of rotatable bonds is 6. The van der Waals surface area contributed by atoms with Gasteiger partial charge in [-0.3, -0.25) is 9.59 Å². The maximum atomic E-state index is 12.7. The van der Waals surface area contributed by atoms with Gasteiger partial charge in [0.15, 0.2) is 6.10 Å². The Bertz CT molecular complexity index is 1130. The Labute approximate surface area is 186 Å². The fourth-order valence-electron chi connectivity index (χ4n) is 3.68. The van der Waals surface area contributed by atoms with Crippen molar-refractivity contribution in [3.8, 4) is 11.1 Å². The standard InChI is InChI=1S/C26H24N2O4/c1-18(25(30)27-23-11-6-5-10-22(23)19-8-3-2-4-9-19)32-26(31)20-13-15-21(16-14-20)28-17-7-12-24(28)29/h2-6,8-11,13-16,18H,7,12,17H2,1H3,(H,27,30). The summed E-state index contributed by atoms with van der Waals surface area (Å²) in [5.41, 5.74) is 3.58. The van der Waals surface area contributed by atoms with Crippen LogP contribution in [0.1, 0.15) is 30.1 Å². The molecule has 0 aromatic heterocycles. The molecule has 162 valence electrons. The molecule has 0 saturated carbocycles. The zero-order valence-electron chi connectivity index (χ0n) is 17.8. The highest BCUT2D eigenvalue weighted by Gasteiger charge is 2.23. The van der Waals surface area contributed by atoms with E-state index in [1.165, 1.54) is 6.92 Å². The molecule has 3 aromatic rings. The molecule has 1 saturated heterocycles. The molecule has 0 spiro atoms. The van der Waals surface area contributed by atoms with E-state index < -0.39 is 18.0 Å². The zero-order chi connectivity index (χ0) is 22.5. The van der Waals surface area contributed by atoms with E-state index in [4.69, 9.17) is 4.74 Å². The van der Waals surface area contributed by atoms with Crippen LogP contribution in [0.2, 0.25) is 0 Å². The Morgan fingerprint density at radius 2 is 1.62 bits per heavy atom. The molecule has 1 atom stereocenters. The number of anilines is 2. The summed E-state index contributed by atoms with van der Waals surface area (Å²) in [6.07, 6.45) is 0.401. The number of ether oxygens (including phenoxy) is 1. The molecule has 1 heterocycles. The van der Waals surface area contributed by atoms with Crippen molar-refractivity contribution in [1.82, 2.24) is 0 Å². The number of para-hydroxylation sites is 1. The highest BCUT2D eigenvalue weighted by molar-refractivity contribution is 6.00. The molecule has 6 heteroatoms. The minimum atomic E-state index is -0.980. The molecule has 1 fully saturated rings. The van der Waals surface area contributed by atoms with Crippen LogP contribution in [0.15, 0.2) is 78.9 Å². The van der Waals surface area contributed by atoms with Gasteiger partial charge in [0, 0.05) is 29.9 Å². The van der Waals surface area contributed by atoms with Gasteiger partial charge in [-0.25, -0.2) is 4.79 Å². The molecule has 0 aliphatic carbocycles. The van der Waals surface area contributed by atoms with Crippen molar-refractivity contribution in [2.75, 3.05) is 16.8 Å². The minimum absolute atomic E-state index is 0.0846. The number of amides is 2. The quantitative estimate of drug-likeness (QED) is 0.579. The summed E-state index contributed by atoms with van der Waals surface area (Å²) in [5, 5.41) is 2.86. The number of hydrogen-bond donors (Lipinski definition) is 1. The van der Waals surface area contributed by atoms with Crippen LogP contribution in [0, 0.1) is 0 Å². The van der Waals surface area contributed by atoms with Gasteiger partial charge in [0.1, 0.15) is 0 Å². The topological polar surface area (TPSA) is 75.7 Å². The molecule has 0 bridgehead atoms. The van der Waals surface area contributed by atoms with Gasteiger partial charge in [-0.2, -0.15) is 0 Å². The predicted molar refractivity (Wildman–Crippen MR) is 123 cm³/mol. The molecule has 3 aromatic carbocycles. The van der Waals surface area contributed by atoms with Gasteiger partial charge in [-0.05, 0) is 49.2 Å². The van der Waals surface area contributed by atoms with E-state index in [1.54, 1.807) is 29.2 Å². The highest BCUT2D eigenvalue weighted by atomic mass is 16.5. The lowest BCUT2D eigenvalue weighted by molar-refractivity contribution is -0.123. The van der Waals surface area contributed by atoms with Crippen molar-refractivity contribution in [2.24, 2.45) is 0 Å². The number of esters is 1. The SMILES string of the molecule is CC(OC(=O)c1ccc(N2CCCC2=O)cc1)C(=O)Nc1ccccc1-c1ccccc1. The molecule has 6 nitrogen and oxygen atoms in total. The molecular formula is C26H24N2O4. The van der Waals surface area contributed by atoms with Gasteiger partial charge in [-0.15, -0.1) is 0 Å². The average Bonchev–Trinajstić information content (AvgIpc) is 3.25. The van der Waals surface area contributed by atoms with Crippen molar-refractivity contribution in [3.63, 3.8) is 0 Å². The number of benzene rings is 3. The van der Waals surface area contributed by atoms with Gasteiger partial charge in [0.05, 0.1) is 5.56 Å². The summed E-state index contributed by atoms with van der Waals surface area (Å²) in [7, 11) is 0. The van der Waals surface area contributed by atoms with Crippen molar-refractivity contribution < 1.29 is 19.1 Å². The Morgan fingerprint density at radius 1 is 0.938 bits per heavy atom. The van der Waals surface area contributed by atoms with Gasteiger partial charge < -0.3 is 15.0 Å². The van der Waals surface area contributed by atoms with E-state index >= 15 is 0 Å². The first-order chi connectivity index (χ1) is 15.5. The number of carbonyl (C=O) groups excluding carboxylic acids is 3. The lowest BCUT2D eigenvalue weighted by Gasteiger charge is -2.17. The Kier molecular flexibility index (Phi) is 6.31. The van der Waals surface area contributed by atoms with E-state index in [0.717, 1.165) is 23.2 Å². The zero-order valence-corrected chi connectivity index (χ0v) is 17.8. The van der Waals surface area contributed by atoms with E-state index in [9.17, 15) is 14.4 Å². The van der Waals surface area contributed by atoms with Gasteiger partial charge >= 0.3 is 5.97 Å². The smallest absolute Gasteiger partial charge is 0.338 e. The lowest BCUT2D eigenvalue weighted by Crippen LogP contribution is -2.30. The molecule has 0 radical (unpaired) electrons. The predicted octanol–water partition coefficient (Wildman–Crippen LogP) is 4.66. The number of hydrogen-bond acceptors (Lipinski definition) is 4. The fourth-order valence-corrected chi connectivity index (χ4v) is 3.68. The number of nitrogens with zero attached hydrogens (tertiary/aromatic N) is 1. The van der Waals surface area contributed by atoms with Crippen LogP contribution in [0.4, 0.5) is 11.4 Å². The second-order valence-corrected chi connectivity index (χ2v) is 7.64. The van der Waals surface area contributed by atoms with Gasteiger partial charge in [0.2, 0.25) is 5.91 Å². The third-order valence-electron chi connectivity index (χ3n) is 5.41. The third-order valence-corrected chi connectivity index (χ3v) is 5.41. The summed E-state index contributed by atoms with van der Waals surface area (Å²) in [6.45, 7) is 2.22. The van der Waals surface area contributed by atoms with Crippen LogP contribution in [-0.2, 0) is 14.3 Å². The van der Waals surface area contributed by atoms with Gasteiger partial charge in [0.25, 0.3) is 5.91 Å². The van der Waals surface area contributed by atoms with Crippen LogP contribution < -0.4 is 10.2 Å². The van der Waals surface area contributed by atoms with E-state index in [-0.39, 0.29) is 5.91 Å². The summed E-state index contributed by atoms with van der Waals surface area (Å²) in [6, 6.07) is 23.9. The average molecular weight is 428 g/mol. The van der Waals surface area contributed by atoms with Gasteiger partial charge in [-0.1, -0.05) is 48.5 Å². The number of nitrogens with one attached hydrogen (secondary N) is 1. The first kappa shape index (κ1) is 21.3. The fraction of sp³-hybridized carbons (Fsp3) is 0.192. The van der Waals surface area contributed by atoms with Crippen LogP contribution >= 0.6 is 0 Å².